The SMILES string of the molecule is CCCC1CCC(C#N)C(Sc2nccs2)C1. The summed E-state index contributed by atoms with van der Waals surface area (Å²) in [4.78, 5) is 4.32. The Balaban J connectivity index is 1.98. The molecule has 0 aromatic carbocycles. The number of hydrogen-bond acceptors (Lipinski definition) is 4. The summed E-state index contributed by atoms with van der Waals surface area (Å²) in [7, 11) is 0. The van der Waals surface area contributed by atoms with Gasteiger partial charge in [-0.1, -0.05) is 31.5 Å². The Hall–Kier alpha value is -0.530. The fraction of sp³-hybridized carbons (Fsp3) is 0.692. The highest BCUT2D eigenvalue weighted by molar-refractivity contribution is 8.01. The Labute approximate surface area is 111 Å². The number of aromatic nitrogens is 1. The molecule has 1 aromatic heterocycles. The molecule has 1 aliphatic carbocycles. The van der Waals surface area contributed by atoms with Crippen LogP contribution in [0.25, 0.3) is 0 Å². The molecule has 0 radical (unpaired) electrons. The van der Waals surface area contributed by atoms with Crippen LogP contribution in [0.4, 0.5) is 0 Å². The van der Waals surface area contributed by atoms with Gasteiger partial charge in [-0.25, -0.2) is 4.98 Å². The molecule has 1 fully saturated rings. The molecule has 0 amide bonds. The highest BCUT2D eigenvalue weighted by Gasteiger charge is 2.31. The lowest BCUT2D eigenvalue weighted by atomic mass is 9.80. The van der Waals surface area contributed by atoms with Crippen LogP contribution in [-0.2, 0) is 0 Å². The maximum Gasteiger partial charge on any atom is 0.150 e. The predicted octanol–water partition coefficient (Wildman–Crippen LogP) is 4.34. The smallest absolute Gasteiger partial charge is 0.150 e. The lowest BCUT2D eigenvalue weighted by Crippen LogP contribution is -2.26. The summed E-state index contributed by atoms with van der Waals surface area (Å²) in [5.74, 6) is 1.04. The van der Waals surface area contributed by atoms with Gasteiger partial charge in [-0.3, -0.25) is 0 Å². The van der Waals surface area contributed by atoms with Gasteiger partial charge in [-0.2, -0.15) is 5.26 Å². The van der Waals surface area contributed by atoms with Gasteiger partial charge in [0.25, 0.3) is 0 Å². The number of hydrogen-bond donors (Lipinski definition) is 0. The van der Waals surface area contributed by atoms with E-state index in [2.05, 4.69) is 18.0 Å². The molecule has 1 saturated carbocycles. The van der Waals surface area contributed by atoms with Crippen LogP contribution in [-0.4, -0.2) is 10.2 Å². The van der Waals surface area contributed by atoms with Crippen LogP contribution in [0, 0.1) is 23.2 Å². The average molecular weight is 266 g/mol. The first-order valence-corrected chi connectivity index (χ1v) is 8.05. The number of thioether (sulfide) groups is 1. The van der Waals surface area contributed by atoms with Crippen LogP contribution in [0.15, 0.2) is 15.9 Å². The molecule has 1 aromatic rings. The predicted molar refractivity (Wildman–Crippen MR) is 73.1 cm³/mol. The molecule has 2 nitrogen and oxygen atoms in total. The molecule has 92 valence electrons. The van der Waals surface area contributed by atoms with Gasteiger partial charge in [-0.15, -0.1) is 11.3 Å². The molecule has 0 bridgehead atoms. The van der Waals surface area contributed by atoms with Crippen molar-refractivity contribution in [3.05, 3.63) is 11.6 Å². The topological polar surface area (TPSA) is 36.7 Å². The second-order valence-corrected chi connectivity index (χ2v) is 7.04. The monoisotopic (exact) mass is 266 g/mol. The lowest BCUT2D eigenvalue weighted by Gasteiger charge is -2.31. The standard InChI is InChI=1S/C13H18N2S2/c1-2-3-10-4-5-11(9-14)12(8-10)17-13-15-6-7-16-13/h6-7,10-12H,2-5,8H2,1H3. The Morgan fingerprint density at radius 1 is 1.59 bits per heavy atom. The molecule has 3 unspecified atom stereocenters. The van der Waals surface area contributed by atoms with E-state index >= 15 is 0 Å². The third kappa shape index (κ3) is 3.46. The van der Waals surface area contributed by atoms with E-state index in [4.69, 9.17) is 0 Å². The minimum atomic E-state index is 0.219. The third-order valence-corrected chi connectivity index (χ3v) is 5.70. The Kier molecular flexibility index (Phi) is 4.87. The molecule has 0 saturated heterocycles. The van der Waals surface area contributed by atoms with Gasteiger partial charge in [0.15, 0.2) is 0 Å². The van der Waals surface area contributed by atoms with Crippen molar-refractivity contribution in [3.8, 4) is 6.07 Å². The number of rotatable bonds is 4. The molecule has 3 atom stereocenters. The average Bonchev–Trinajstić information content (AvgIpc) is 2.83. The third-order valence-electron chi connectivity index (χ3n) is 3.42. The van der Waals surface area contributed by atoms with Crippen LogP contribution in [0.2, 0.25) is 0 Å². The van der Waals surface area contributed by atoms with Crippen molar-refractivity contribution in [1.29, 1.82) is 5.26 Å². The van der Waals surface area contributed by atoms with E-state index in [0.29, 0.717) is 5.25 Å². The minimum absolute atomic E-state index is 0.219. The zero-order valence-corrected chi connectivity index (χ0v) is 11.8. The summed E-state index contributed by atoms with van der Waals surface area (Å²) >= 11 is 3.50. The molecular formula is C13H18N2S2. The second-order valence-electron chi connectivity index (χ2n) is 4.66. The molecule has 2 rings (SSSR count). The minimum Gasteiger partial charge on any atom is -0.238 e. The largest absolute Gasteiger partial charge is 0.238 e. The van der Waals surface area contributed by atoms with Crippen LogP contribution < -0.4 is 0 Å². The van der Waals surface area contributed by atoms with E-state index in [1.54, 1.807) is 11.3 Å². The van der Waals surface area contributed by atoms with E-state index in [1.165, 1.54) is 25.7 Å². The summed E-state index contributed by atoms with van der Waals surface area (Å²) in [5, 5.41) is 11.7. The fourth-order valence-corrected chi connectivity index (χ4v) is 4.79. The first kappa shape index (κ1) is 12.9. The van der Waals surface area contributed by atoms with Gasteiger partial charge < -0.3 is 0 Å². The van der Waals surface area contributed by atoms with Crippen molar-refractivity contribution >= 4 is 23.1 Å². The van der Waals surface area contributed by atoms with Crippen molar-refractivity contribution in [1.82, 2.24) is 4.98 Å². The molecule has 0 spiro atoms. The first-order chi connectivity index (χ1) is 8.33. The van der Waals surface area contributed by atoms with Gasteiger partial charge >= 0.3 is 0 Å². The van der Waals surface area contributed by atoms with Crippen LogP contribution >= 0.6 is 23.1 Å². The van der Waals surface area contributed by atoms with E-state index in [1.807, 2.05) is 23.3 Å². The highest BCUT2D eigenvalue weighted by Crippen LogP contribution is 2.41. The summed E-state index contributed by atoms with van der Waals surface area (Å²) in [5.41, 5.74) is 0. The Bertz CT molecular complexity index is 369. The van der Waals surface area contributed by atoms with E-state index in [-0.39, 0.29) is 5.92 Å². The quantitative estimate of drug-likeness (QED) is 0.813. The molecule has 1 aliphatic rings. The number of thiazole rings is 1. The summed E-state index contributed by atoms with van der Waals surface area (Å²) in [6.45, 7) is 2.25. The summed E-state index contributed by atoms with van der Waals surface area (Å²) in [6, 6.07) is 2.49. The van der Waals surface area contributed by atoms with Crippen LogP contribution in [0.5, 0.6) is 0 Å². The summed E-state index contributed by atoms with van der Waals surface area (Å²) in [6.07, 6.45) is 7.92. The van der Waals surface area contributed by atoms with E-state index in [0.717, 1.165) is 16.7 Å². The maximum absolute atomic E-state index is 9.23. The molecule has 0 aliphatic heterocycles. The van der Waals surface area contributed by atoms with E-state index < -0.39 is 0 Å². The molecule has 0 N–H and O–H groups in total. The molecular weight excluding hydrogens is 248 g/mol. The van der Waals surface area contributed by atoms with Gasteiger partial charge in [0.2, 0.25) is 0 Å². The van der Waals surface area contributed by atoms with Gasteiger partial charge in [-0.05, 0) is 25.2 Å². The van der Waals surface area contributed by atoms with Crippen LogP contribution in [0.1, 0.15) is 39.0 Å². The Morgan fingerprint density at radius 2 is 2.47 bits per heavy atom. The van der Waals surface area contributed by atoms with Crippen molar-refractivity contribution in [2.75, 3.05) is 0 Å². The maximum atomic E-state index is 9.23. The van der Waals surface area contributed by atoms with Crippen molar-refractivity contribution < 1.29 is 0 Å². The van der Waals surface area contributed by atoms with Crippen molar-refractivity contribution in [2.24, 2.45) is 11.8 Å². The highest BCUT2D eigenvalue weighted by atomic mass is 32.2. The van der Waals surface area contributed by atoms with Gasteiger partial charge in [0.1, 0.15) is 4.34 Å². The normalized spacial score (nSPS) is 28.8. The van der Waals surface area contributed by atoms with E-state index in [9.17, 15) is 5.26 Å². The zero-order valence-electron chi connectivity index (χ0n) is 10.1. The first-order valence-electron chi connectivity index (χ1n) is 6.29. The second kappa shape index (κ2) is 6.42. The molecule has 17 heavy (non-hydrogen) atoms. The van der Waals surface area contributed by atoms with Crippen molar-refractivity contribution in [3.63, 3.8) is 0 Å². The lowest BCUT2D eigenvalue weighted by molar-refractivity contribution is 0.307. The van der Waals surface area contributed by atoms with Crippen molar-refractivity contribution in [2.45, 2.75) is 48.6 Å². The summed E-state index contributed by atoms with van der Waals surface area (Å²) < 4.78 is 1.12. The number of nitriles is 1. The molecule has 1 heterocycles. The Morgan fingerprint density at radius 3 is 3.12 bits per heavy atom. The fourth-order valence-electron chi connectivity index (χ4n) is 2.56. The zero-order chi connectivity index (χ0) is 12.1. The molecule has 4 heteroatoms. The van der Waals surface area contributed by atoms with Gasteiger partial charge in [0.05, 0.1) is 12.0 Å². The van der Waals surface area contributed by atoms with Gasteiger partial charge in [0, 0.05) is 16.8 Å². The van der Waals surface area contributed by atoms with Crippen LogP contribution in [0.3, 0.4) is 0 Å². The number of nitrogens with zero attached hydrogens (tertiary/aromatic N) is 2.